The van der Waals surface area contributed by atoms with Gasteiger partial charge in [-0.2, -0.15) is 0 Å². The average Bonchev–Trinajstić information content (AvgIpc) is 2.86. The van der Waals surface area contributed by atoms with Crippen LogP contribution >= 0.6 is 0 Å². The van der Waals surface area contributed by atoms with Crippen LogP contribution in [0.25, 0.3) is 0 Å². The van der Waals surface area contributed by atoms with E-state index in [1.54, 1.807) is 12.1 Å². The highest BCUT2D eigenvalue weighted by atomic mass is 16.5. The van der Waals surface area contributed by atoms with E-state index in [9.17, 15) is 10.0 Å². The van der Waals surface area contributed by atoms with Crippen LogP contribution < -0.4 is 5.32 Å². The largest absolute Gasteiger partial charge is 0.633 e. The lowest BCUT2D eigenvalue weighted by Gasteiger charge is -2.39. The first-order valence-electron chi connectivity index (χ1n) is 7.15. The Bertz CT molecular complexity index is 548. The number of ether oxygens (including phenoxy) is 1. The summed E-state index contributed by atoms with van der Waals surface area (Å²) in [6, 6.07) is 5.41. The van der Waals surface area contributed by atoms with Gasteiger partial charge in [0.05, 0.1) is 37.1 Å². The van der Waals surface area contributed by atoms with E-state index in [2.05, 4.69) is 11.9 Å². The van der Waals surface area contributed by atoms with E-state index in [1.165, 1.54) is 7.11 Å². The fourth-order valence-corrected chi connectivity index (χ4v) is 2.75. The number of carbonyl (C=O) groups excluding carboxylic acids is 1. The number of rotatable bonds is 5. The van der Waals surface area contributed by atoms with Crippen LogP contribution in [-0.2, 0) is 4.74 Å². The molecule has 1 aliphatic heterocycles. The van der Waals surface area contributed by atoms with E-state index in [-0.39, 0.29) is 4.65 Å². The second kappa shape index (κ2) is 6.28. The molecule has 2 rings (SSSR count). The maximum Gasteiger partial charge on any atom is 0.339 e. The summed E-state index contributed by atoms with van der Waals surface area (Å²) >= 11 is 0. The highest BCUT2D eigenvalue weighted by molar-refractivity contribution is 5.96. The fraction of sp³-hybridized carbons (Fsp3) is 0.438. The van der Waals surface area contributed by atoms with Crippen LogP contribution in [-0.4, -0.2) is 37.4 Å². The zero-order chi connectivity index (χ0) is 15.5. The zero-order valence-electron chi connectivity index (χ0n) is 12.6. The lowest BCUT2D eigenvalue weighted by molar-refractivity contribution is -0.863. The Balaban J connectivity index is 2.15. The smallest absolute Gasteiger partial charge is 0.339 e. The van der Waals surface area contributed by atoms with Crippen LogP contribution in [0.2, 0.25) is 0 Å². The number of quaternary nitrogens is 1. The third kappa shape index (κ3) is 3.62. The molecule has 0 atom stereocenters. The summed E-state index contributed by atoms with van der Waals surface area (Å²) in [5.41, 5.74) is 2.67. The Morgan fingerprint density at radius 3 is 2.71 bits per heavy atom. The van der Waals surface area contributed by atoms with Gasteiger partial charge in [0, 0.05) is 12.8 Å². The minimum Gasteiger partial charge on any atom is -0.633 e. The van der Waals surface area contributed by atoms with Gasteiger partial charge in [0.15, 0.2) is 0 Å². The standard InChI is InChI=1S/C16H22N2O3/c1-12-7-6-8-14(16(19)21-3)15(12)17-13(2)11-18(20)9-4-5-10-18/h6-8,17H,2,4-5,9-11H2,1,3H3. The third-order valence-electron chi connectivity index (χ3n) is 3.84. The molecule has 1 aromatic carbocycles. The summed E-state index contributed by atoms with van der Waals surface area (Å²) in [4.78, 5) is 11.8. The number of hydrogen-bond acceptors (Lipinski definition) is 4. The molecule has 0 saturated carbocycles. The number of nitrogens with one attached hydrogen (secondary N) is 1. The molecule has 114 valence electrons. The highest BCUT2D eigenvalue weighted by Crippen LogP contribution is 2.25. The number of anilines is 1. The molecule has 21 heavy (non-hydrogen) atoms. The molecular weight excluding hydrogens is 268 g/mol. The molecule has 0 aliphatic carbocycles. The Labute approximate surface area is 125 Å². The van der Waals surface area contributed by atoms with Crippen molar-refractivity contribution in [2.75, 3.05) is 32.1 Å². The molecular formula is C16H22N2O3. The van der Waals surface area contributed by atoms with Gasteiger partial charge in [-0.15, -0.1) is 0 Å². The second-order valence-electron chi connectivity index (χ2n) is 5.59. The normalized spacial score (nSPS) is 16.5. The van der Waals surface area contributed by atoms with Crippen molar-refractivity contribution in [2.45, 2.75) is 19.8 Å². The number of esters is 1. The maximum absolute atomic E-state index is 12.4. The number of carbonyl (C=O) groups is 1. The van der Waals surface area contributed by atoms with Crippen LogP contribution in [0.1, 0.15) is 28.8 Å². The van der Waals surface area contributed by atoms with E-state index in [0.29, 0.717) is 36.6 Å². The van der Waals surface area contributed by atoms with Crippen LogP contribution in [0.5, 0.6) is 0 Å². The number of hydrogen-bond donors (Lipinski definition) is 1. The van der Waals surface area contributed by atoms with E-state index < -0.39 is 5.97 Å². The molecule has 1 aliphatic rings. The fourth-order valence-electron chi connectivity index (χ4n) is 2.75. The topological polar surface area (TPSA) is 61.4 Å². The number of likely N-dealkylation sites (tertiary alicyclic amines) is 1. The highest BCUT2D eigenvalue weighted by Gasteiger charge is 2.24. The van der Waals surface area contributed by atoms with Crippen molar-refractivity contribution in [3.8, 4) is 0 Å². The molecule has 1 heterocycles. The maximum atomic E-state index is 12.4. The molecule has 1 aromatic rings. The number of nitrogens with zero attached hydrogens (tertiary/aromatic N) is 1. The summed E-state index contributed by atoms with van der Waals surface area (Å²) in [5.74, 6) is -0.402. The molecule has 0 aromatic heterocycles. The van der Waals surface area contributed by atoms with Gasteiger partial charge in [0.1, 0.15) is 6.54 Å². The van der Waals surface area contributed by atoms with Gasteiger partial charge >= 0.3 is 5.97 Å². The van der Waals surface area contributed by atoms with E-state index >= 15 is 0 Å². The minimum atomic E-state index is -0.402. The number of methoxy groups -OCH3 is 1. The molecule has 5 nitrogen and oxygen atoms in total. The molecule has 0 bridgehead atoms. The van der Waals surface area contributed by atoms with Gasteiger partial charge in [-0.05, 0) is 18.6 Å². The molecule has 1 fully saturated rings. The summed E-state index contributed by atoms with van der Waals surface area (Å²) in [7, 11) is 1.35. The van der Waals surface area contributed by atoms with Crippen molar-refractivity contribution < 1.29 is 14.2 Å². The Kier molecular flexibility index (Phi) is 4.65. The van der Waals surface area contributed by atoms with Gasteiger partial charge in [0.2, 0.25) is 0 Å². The quantitative estimate of drug-likeness (QED) is 0.514. The minimum absolute atomic E-state index is 0.231. The Morgan fingerprint density at radius 2 is 2.10 bits per heavy atom. The lowest BCUT2D eigenvalue weighted by Crippen LogP contribution is -2.41. The van der Waals surface area contributed by atoms with Crippen LogP contribution in [0.4, 0.5) is 5.69 Å². The predicted octanol–water partition coefficient (Wildman–Crippen LogP) is 2.82. The van der Waals surface area contributed by atoms with Crippen molar-refractivity contribution in [1.29, 1.82) is 0 Å². The van der Waals surface area contributed by atoms with E-state index in [4.69, 9.17) is 4.74 Å². The summed E-state index contributed by atoms with van der Waals surface area (Å²) in [5, 5.41) is 15.5. The summed E-state index contributed by atoms with van der Waals surface area (Å²) in [6.07, 6.45) is 1.93. The van der Waals surface area contributed by atoms with Crippen LogP contribution in [0, 0.1) is 12.1 Å². The van der Waals surface area contributed by atoms with Crippen molar-refractivity contribution in [3.05, 3.63) is 46.8 Å². The second-order valence-corrected chi connectivity index (χ2v) is 5.59. The van der Waals surface area contributed by atoms with Crippen molar-refractivity contribution in [1.82, 2.24) is 0 Å². The molecule has 1 N–H and O–H groups in total. The molecule has 0 amide bonds. The first-order chi connectivity index (χ1) is 9.95. The van der Waals surface area contributed by atoms with E-state index in [0.717, 1.165) is 18.4 Å². The van der Waals surface area contributed by atoms with Gasteiger partial charge in [0.25, 0.3) is 0 Å². The monoisotopic (exact) mass is 290 g/mol. The zero-order valence-corrected chi connectivity index (χ0v) is 12.6. The SMILES string of the molecule is C=C(C[N+]1([O-])CCCC1)Nc1c(C)cccc1C(=O)OC. The Morgan fingerprint density at radius 1 is 1.43 bits per heavy atom. The molecule has 0 radical (unpaired) electrons. The van der Waals surface area contributed by atoms with Crippen molar-refractivity contribution >= 4 is 11.7 Å². The lowest BCUT2D eigenvalue weighted by atomic mass is 10.1. The van der Waals surface area contributed by atoms with Crippen molar-refractivity contribution in [2.24, 2.45) is 0 Å². The van der Waals surface area contributed by atoms with Crippen molar-refractivity contribution in [3.63, 3.8) is 0 Å². The van der Waals surface area contributed by atoms with Gasteiger partial charge in [-0.3, -0.25) is 0 Å². The first kappa shape index (κ1) is 15.5. The van der Waals surface area contributed by atoms with Gasteiger partial charge in [-0.25, -0.2) is 4.79 Å². The van der Waals surface area contributed by atoms with Gasteiger partial charge in [-0.1, -0.05) is 18.7 Å². The number of para-hydroxylation sites is 1. The van der Waals surface area contributed by atoms with Gasteiger partial charge < -0.3 is 19.9 Å². The molecule has 0 unspecified atom stereocenters. The van der Waals surface area contributed by atoms with E-state index in [1.807, 2.05) is 13.0 Å². The summed E-state index contributed by atoms with van der Waals surface area (Å²) in [6.45, 7) is 7.45. The average molecular weight is 290 g/mol. The number of benzene rings is 1. The summed E-state index contributed by atoms with van der Waals surface area (Å²) < 4.78 is 4.56. The third-order valence-corrected chi connectivity index (χ3v) is 3.84. The molecule has 0 spiro atoms. The molecule has 1 saturated heterocycles. The van der Waals surface area contributed by atoms with Crippen LogP contribution in [0.3, 0.4) is 0 Å². The van der Waals surface area contributed by atoms with Crippen LogP contribution in [0.15, 0.2) is 30.5 Å². The predicted molar refractivity (Wildman–Crippen MR) is 82.7 cm³/mol. The Hall–Kier alpha value is -1.85. The molecule has 5 heteroatoms. The first-order valence-corrected chi connectivity index (χ1v) is 7.15. The number of aryl methyl sites for hydroxylation is 1. The number of hydroxylamine groups is 3.